The number of methoxy groups -OCH3 is 2. The summed E-state index contributed by atoms with van der Waals surface area (Å²) in [5.74, 6) is -0.981. The van der Waals surface area contributed by atoms with Crippen LogP contribution in [0.15, 0.2) is 67.8 Å². The molecule has 8 heteroatoms. The number of esters is 1. The van der Waals surface area contributed by atoms with Crippen molar-refractivity contribution in [3.8, 4) is 11.1 Å². The summed E-state index contributed by atoms with van der Waals surface area (Å²) in [6, 6.07) is 14.0. The molecule has 1 aliphatic rings. The van der Waals surface area contributed by atoms with E-state index in [-0.39, 0.29) is 19.6 Å². The summed E-state index contributed by atoms with van der Waals surface area (Å²) >= 11 is 0. The lowest BCUT2D eigenvalue weighted by Gasteiger charge is -2.35. The van der Waals surface area contributed by atoms with Gasteiger partial charge < -0.3 is 24.4 Å². The summed E-state index contributed by atoms with van der Waals surface area (Å²) in [4.78, 5) is 41.0. The summed E-state index contributed by atoms with van der Waals surface area (Å²) in [5, 5.41) is 2.71. The predicted molar refractivity (Wildman–Crippen MR) is 155 cm³/mol. The molecule has 0 bridgehead atoms. The standard InChI is InChI=1S/C32H40N2O6/c1-8-10-18-40-30(37)33-27(31(3,4)5)28(35)34-21-32(39-7,20-26(34)29(36)38-6)24-16-17-25(22(9-2)19-24)23-14-12-11-13-15-23/h8-9,11-17,19,26-27H,1-2,10,18,20-21H2,3-7H3,(H,33,37)/t26?,27-,32?/m1/s1. The second-order valence-corrected chi connectivity index (χ2v) is 10.9. The second-order valence-electron chi connectivity index (χ2n) is 10.9. The number of nitrogens with zero attached hydrogens (tertiary/aromatic N) is 1. The van der Waals surface area contributed by atoms with Crippen molar-refractivity contribution in [2.75, 3.05) is 27.4 Å². The summed E-state index contributed by atoms with van der Waals surface area (Å²) < 4.78 is 16.4. The summed E-state index contributed by atoms with van der Waals surface area (Å²) in [7, 11) is 2.86. The maximum Gasteiger partial charge on any atom is 0.407 e. The fourth-order valence-electron chi connectivity index (χ4n) is 5.03. The van der Waals surface area contributed by atoms with Crippen molar-refractivity contribution < 1.29 is 28.6 Å². The van der Waals surface area contributed by atoms with Crippen LogP contribution in [0.4, 0.5) is 4.79 Å². The first-order valence-electron chi connectivity index (χ1n) is 13.3. The number of nitrogens with one attached hydrogen (secondary N) is 1. The van der Waals surface area contributed by atoms with Crippen LogP contribution < -0.4 is 5.32 Å². The Bertz CT molecular complexity index is 1240. The maximum atomic E-state index is 14.0. The molecular weight excluding hydrogens is 508 g/mol. The van der Waals surface area contributed by atoms with Crippen molar-refractivity contribution in [3.63, 3.8) is 0 Å². The monoisotopic (exact) mass is 548 g/mol. The normalized spacial score (nSPS) is 19.4. The molecule has 0 aliphatic carbocycles. The van der Waals surface area contributed by atoms with Gasteiger partial charge in [0.2, 0.25) is 5.91 Å². The first-order chi connectivity index (χ1) is 19.0. The van der Waals surface area contributed by atoms with Gasteiger partial charge in [0.25, 0.3) is 0 Å². The Labute approximate surface area is 237 Å². The molecular formula is C32H40N2O6. The fourth-order valence-corrected chi connectivity index (χ4v) is 5.03. The smallest absolute Gasteiger partial charge is 0.407 e. The van der Waals surface area contributed by atoms with Gasteiger partial charge in [0.1, 0.15) is 17.7 Å². The molecule has 1 saturated heterocycles. The minimum Gasteiger partial charge on any atom is -0.467 e. The van der Waals surface area contributed by atoms with E-state index < -0.39 is 41.1 Å². The van der Waals surface area contributed by atoms with Crippen LogP contribution in [0, 0.1) is 5.41 Å². The molecule has 0 saturated carbocycles. The Morgan fingerprint density at radius 3 is 2.40 bits per heavy atom. The Morgan fingerprint density at radius 1 is 1.12 bits per heavy atom. The van der Waals surface area contributed by atoms with Gasteiger partial charge in [0, 0.05) is 13.5 Å². The average molecular weight is 549 g/mol. The number of hydrogen-bond donors (Lipinski definition) is 1. The summed E-state index contributed by atoms with van der Waals surface area (Å²) in [6.45, 7) is 13.4. The molecule has 1 fully saturated rings. The number of hydrogen-bond acceptors (Lipinski definition) is 6. The summed E-state index contributed by atoms with van der Waals surface area (Å²) in [5.41, 5.74) is 2.09. The third-order valence-electron chi connectivity index (χ3n) is 7.28. The van der Waals surface area contributed by atoms with E-state index in [0.717, 1.165) is 22.3 Å². The number of alkyl carbamates (subject to hydrolysis) is 1. The molecule has 214 valence electrons. The van der Waals surface area contributed by atoms with Crippen LogP contribution in [-0.2, 0) is 29.4 Å². The maximum absolute atomic E-state index is 14.0. The molecule has 3 atom stereocenters. The van der Waals surface area contributed by atoms with E-state index in [1.165, 1.54) is 12.0 Å². The van der Waals surface area contributed by atoms with Gasteiger partial charge in [-0.3, -0.25) is 4.79 Å². The minimum atomic E-state index is -0.992. The van der Waals surface area contributed by atoms with Gasteiger partial charge in [-0.15, -0.1) is 6.58 Å². The van der Waals surface area contributed by atoms with E-state index in [9.17, 15) is 14.4 Å². The van der Waals surface area contributed by atoms with Crippen molar-refractivity contribution in [1.82, 2.24) is 10.2 Å². The van der Waals surface area contributed by atoms with Crippen LogP contribution in [0.25, 0.3) is 17.2 Å². The van der Waals surface area contributed by atoms with Crippen LogP contribution in [-0.4, -0.2) is 62.3 Å². The van der Waals surface area contributed by atoms with Gasteiger partial charge in [0.05, 0.1) is 20.3 Å². The quantitative estimate of drug-likeness (QED) is 0.245. The van der Waals surface area contributed by atoms with Crippen LogP contribution in [0.5, 0.6) is 0 Å². The van der Waals surface area contributed by atoms with Crippen LogP contribution in [0.2, 0.25) is 0 Å². The first kappa shape index (κ1) is 30.6. The highest BCUT2D eigenvalue weighted by Gasteiger charge is 2.53. The van der Waals surface area contributed by atoms with Crippen LogP contribution in [0.1, 0.15) is 44.7 Å². The topological polar surface area (TPSA) is 94.2 Å². The van der Waals surface area contributed by atoms with E-state index >= 15 is 0 Å². The Balaban J connectivity index is 1.99. The predicted octanol–water partition coefficient (Wildman–Crippen LogP) is 5.33. The van der Waals surface area contributed by atoms with E-state index in [1.54, 1.807) is 19.3 Å². The lowest BCUT2D eigenvalue weighted by atomic mass is 9.85. The third kappa shape index (κ3) is 6.62. The van der Waals surface area contributed by atoms with Crippen molar-refractivity contribution in [3.05, 3.63) is 78.9 Å². The van der Waals surface area contributed by atoms with Crippen molar-refractivity contribution in [2.45, 2.75) is 51.3 Å². The fraction of sp³-hybridized carbons (Fsp3) is 0.406. The molecule has 1 aliphatic heterocycles. The first-order valence-corrected chi connectivity index (χ1v) is 13.3. The van der Waals surface area contributed by atoms with Gasteiger partial charge in [-0.05, 0) is 40.2 Å². The Morgan fingerprint density at radius 2 is 1.82 bits per heavy atom. The van der Waals surface area contributed by atoms with Gasteiger partial charge >= 0.3 is 12.1 Å². The second kappa shape index (κ2) is 13.0. The number of carbonyl (C=O) groups is 3. The van der Waals surface area contributed by atoms with Gasteiger partial charge in [-0.1, -0.05) is 82.0 Å². The number of ether oxygens (including phenoxy) is 3. The highest BCUT2D eigenvalue weighted by molar-refractivity contribution is 5.91. The van der Waals surface area contributed by atoms with Crippen molar-refractivity contribution >= 4 is 24.0 Å². The molecule has 2 aromatic carbocycles. The molecule has 2 aromatic rings. The number of amides is 2. The van der Waals surface area contributed by atoms with E-state index in [0.29, 0.717) is 6.42 Å². The molecule has 2 unspecified atom stereocenters. The Hall–Kier alpha value is -3.91. The zero-order chi connectivity index (χ0) is 29.5. The van der Waals surface area contributed by atoms with Crippen LogP contribution >= 0.6 is 0 Å². The van der Waals surface area contributed by atoms with E-state index in [4.69, 9.17) is 14.2 Å². The third-order valence-corrected chi connectivity index (χ3v) is 7.28. The lowest BCUT2D eigenvalue weighted by molar-refractivity contribution is -0.152. The molecule has 8 nitrogen and oxygen atoms in total. The molecule has 1 N–H and O–H groups in total. The van der Waals surface area contributed by atoms with Crippen molar-refractivity contribution in [2.24, 2.45) is 5.41 Å². The number of carbonyl (C=O) groups excluding carboxylic acids is 3. The van der Waals surface area contributed by atoms with Gasteiger partial charge in [-0.2, -0.15) is 0 Å². The largest absolute Gasteiger partial charge is 0.467 e. The zero-order valence-electron chi connectivity index (χ0n) is 24.1. The number of benzene rings is 2. The highest BCUT2D eigenvalue weighted by Crippen LogP contribution is 2.42. The molecule has 0 radical (unpaired) electrons. The highest BCUT2D eigenvalue weighted by atomic mass is 16.5. The molecule has 2 amide bonds. The molecule has 1 heterocycles. The van der Waals surface area contributed by atoms with Crippen molar-refractivity contribution in [1.29, 1.82) is 0 Å². The van der Waals surface area contributed by atoms with E-state index in [1.807, 2.05) is 69.3 Å². The molecule has 40 heavy (non-hydrogen) atoms. The van der Waals surface area contributed by atoms with Crippen LogP contribution in [0.3, 0.4) is 0 Å². The average Bonchev–Trinajstić information content (AvgIpc) is 3.36. The zero-order valence-corrected chi connectivity index (χ0v) is 24.1. The summed E-state index contributed by atoms with van der Waals surface area (Å²) in [6.07, 6.45) is 3.38. The van der Waals surface area contributed by atoms with Gasteiger partial charge in [0.15, 0.2) is 0 Å². The lowest BCUT2D eigenvalue weighted by Crippen LogP contribution is -2.57. The van der Waals surface area contributed by atoms with Gasteiger partial charge in [-0.25, -0.2) is 9.59 Å². The SMILES string of the molecule is C=CCCOC(=O)N[C@H](C(=O)N1CC(OC)(c2ccc(-c3ccccc3)c(C=C)c2)CC1C(=O)OC)C(C)(C)C. The molecule has 0 spiro atoms. The number of likely N-dealkylation sites (tertiary alicyclic amines) is 1. The van der Waals surface area contributed by atoms with E-state index in [2.05, 4.69) is 18.5 Å². The molecule has 0 aromatic heterocycles. The minimum absolute atomic E-state index is 0.0864. The number of rotatable bonds is 10. The Kier molecular flexibility index (Phi) is 9.93. The molecule has 3 rings (SSSR count).